The Kier molecular flexibility index (Phi) is 3.25. The molecule has 6 heteroatoms. The number of hydrogen-bond acceptors (Lipinski definition) is 3. The standard InChI is InChI=1S/C8H3BrF2N2O/c9-6-1-4(3-14)7(8(10)11)5(2-12)13-6/h1,3,8H. The summed E-state index contributed by atoms with van der Waals surface area (Å²) in [6.07, 6.45) is -2.61. The molecule has 72 valence electrons. The SMILES string of the molecule is N#Cc1nc(Br)cc(C=O)c1C(F)F. The van der Waals surface area contributed by atoms with Crippen LogP contribution in [0.2, 0.25) is 0 Å². The minimum absolute atomic E-state index is 0.181. The number of rotatable bonds is 2. The van der Waals surface area contributed by atoms with Gasteiger partial charge in [-0.2, -0.15) is 5.26 Å². The Labute approximate surface area is 86.5 Å². The van der Waals surface area contributed by atoms with Gasteiger partial charge in [0.25, 0.3) is 6.43 Å². The molecule has 0 atom stereocenters. The van der Waals surface area contributed by atoms with Gasteiger partial charge in [0.1, 0.15) is 10.7 Å². The second-order valence-electron chi connectivity index (χ2n) is 2.33. The number of nitrogens with zero attached hydrogens (tertiary/aromatic N) is 2. The van der Waals surface area contributed by atoms with Gasteiger partial charge in [-0.15, -0.1) is 0 Å². The Morgan fingerprint density at radius 2 is 2.29 bits per heavy atom. The number of aromatic nitrogens is 1. The van der Waals surface area contributed by atoms with Crippen molar-refractivity contribution in [1.29, 1.82) is 5.26 Å². The van der Waals surface area contributed by atoms with Crippen molar-refractivity contribution in [3.05, 3.63) is 27.5 Å². The Balaban J connectivity index is 3.50. The third-order valence-corrected chi connectivity index (χ3v) is 1.92. The van der Waals surface area contributed by atoms with E-state index in [9.17, 15) is 13.6 Å². The zero-order valence-electron chi connectivity index (χ0n) is 6.67. The van der Waals surface area contributed by atoms with E-state index in [2.05, 4.69) is 20.9 Å². The molecule has 1 heterocycles. The molecule has 0 radical (unpaired) electrons. The molecule has 0 saturated carbocycles. The Morgan fingerprint density at radius 1 is 1.64 bits per heavy atom. The third-order valence-electron chi connectivity index (χ3n) is 1.51. The largest absolute Gasteiger partial charge is 0.298 e. The summed E-state index contributed by atoms with van der Waals surface area (Å²) in [5.41, 5.74) is -1.28. The van der Waals surface area contributed by atoms with Gasteiger partial charge < -0.3 is 0 Å². The Bertz CT molecular complexity index is 415. The third kappa shape index (κ3) is 1.93. The van der Waals surface area contributed by atoms with Crippen molar-refractivity contribution < 1.29 is 13.6 Å². The maximum atomic E-state index is 12.4. The number of alkyl halides is 2. The normalized spacial score (nSPS) is 9.93. The second-order valence-corrected chi connectivity index (χ2v) is 3.14. The van der Waals surface area contributed by atoms with Crippen LogP contribution in [0.15, 0.2) is 10.7 Å². The van der Waals surface area contributed by atoms with E-state index in [1.54, 1.807) is 0 Å². The van der Waals surface area contributed by atoms with Crippen molar-refractivity contribution in [3.8, 4) is 6.07 Å². The highest BCUT2D eigenvalue weighted by Crippen LogP contribution is 2.26. The van der Waals surface area contributed by atoms with Crippen LogP contribution in [0.25, 0.3) is 0 Å². The molecule has 0 unspecified atom stereocenters. The van der Waals surface area contributed by atoms with Gasteiger partial charge in [0.15, 0.2) is 12.0 Å². The van der Waals surface area contributed by atoms with Crippen LogP contribution in [-0.2, 0) is 0 Å². The predicted octanol–water partition coefficient (Wildman–Crippen LogP) is 2.47. The van der Waals surface area contributed by atoms with Gasteiger partial charge in [0, 0.05) is 5.56 Å². The summed E-state index contributed by atoms with van der Waals surface area (Å²) in [7, 11) is 0. The summed E-state index contributed by atoms with van der Waals surface area (Å²) in [5, 5.41) is 8.53. The van der Waals surface area contributed by atoms with E-state index in [4.69, 9.17) is 5.26 Å². The highest BCUT2D eigenvalue weighted by Gasteiger charge is 2.19. The van der Waals surface area contributed by atoms with Crippen molar-refractivity contribution in [2.24, 2.45) is 0 Å². The van der Waals surface area contributed by atoms with Crippen LogP contribution in [0.1, 0.15) is 28.0 Å². The summed E-state index contributed by atoms with van der Waals surface area (Å²) in [6, 6.07) is 2.66. The summed E-state index contributed by atoms with van der Waals surface area (Å²) in [5.74, 6) is 0. The van der Waals surface area contributed by atoms with Crippen LogP contribution in [0.5, 0.6) is 0 Å². The maximum absolute atomic E-state index is 12.4. The van der Waals surface area contributed by atoms with E-state index < -0.39 is 17.7 Å². The Hall–Kier alpha value is -1.35. The molecule has 0 saturated heterocycles. The van der Waals surface area contributed by atoms with Gasteiger partial charge in [-0.25, -0.2) is 13.8 Å². The monoisotopic (exact) mass is 260 g/mol. The summed E-state index contributed by atoms with van der Waals surface area (Å²) < 4.78 is 25.0. The summed E-state index contributed by atoms with van der Waals surface area (Å²) >= 11 is 2.91. The fraction of sp³-hybridized carbons (Fsp3) is 0.125. The molecule has 0 aliphatic rings. The van der Waals surface area contributed by atoms with Gasteiger partial charge in [0.05, 0.1) is 5.56 Å². The van der Waals surface area contributed by atoms with E-state index in [0.717, 1.165) is 6.07 Å². The van der Waals surface area contributed by atoms with Crippen molar-refractivity contribution in [2.75, 3.05) is 0 Å². The maximum Gasteiger partial charge on any atom is 0.267 e. The molecular formula is C8H3BrF2N2O. The van der Waals surface area contributed by atoms with Crippen LogP contribution in [0.4, 0.5) is 8.78 Å². The van der Waals surface area contributed by atoms with E-state index in [1.165, 1.54) is 6.07 Å². The van der Waals surface area contributed by atoms with Crippen molar-refractivity contribution in [2.45, 2.75) is 6.43 Å². The second kappa shape index (κ2) is 4.24. The average molecular weight is 261 g/mol. The molecule has 3 nitrogen and oxygen atoms in total. The first-order valence-electron chi connectivity index (χ1n) is 3.44. The lowest BCUT2D eigenvalue weighted by Gasteiger charge is -2.05. The van der Waals surface area contributed by atoms with E-state index in [1.807, 2.05) is 0 Å². The minimum Gasteiger partial charge on any atom is -0.298 e. The number of hydrogen-bond donors (Lipinski definition) is 0. The highest BCUT2D eigenvalue weighted by molar-refractivity contribution is 9.10. The Morgan fingerprint density at radius 3 is 2.71 bits per heavy atom. The van der Waals surface area contributed by atoms with E-state index in [-0.39, 0.29) is 16.5 Å². The van der Waals surface area contributed by atoms with Crippen LogP contribution >= 0.6 is 15.9 Å². The molecule has 0 amide bonds. The lowest BCUT2D eigenvalue weighted by atomic mass is 10.1. The molecule has 0 spiro atoms. The average Bonchev–Trinajstić information content (AvgIpc) is 2.15. The van der Waals surface area contributed by atoms with Gasteiger partial charge in [-0.3, -0.25) is 4.79 Å². The lowest BCUT2D eigenvalue weighted by Crippen LogP contribution is -2.01. The first-order valence-corrected chi connectivity index (χ1v) is 4.23. The molecule has 0 fully saturated rings. The van der Waals surface area contributed by atoms with Crippen LogP contribution in [0.3, 0.4) is 0 Å². The number of carbonyl (C=O) groups excluding carboxylic acids is 1. The zero-order valence-corrected chi connectivity index (χ0v) is 8.25. The van der Waals surface area contributed by atoms with E-state index in [0.29, 0.717) is 0 Å². The van der Waals surface area contributed by atoms with Crippen molar-refractivity contribution in [1.82, 2.24) is 4.98 Å². The molecule has 0 N–H and O–H groups in total. The topological polar surface area (TPSA) is 53.8 Å². The number of nitriles is 1. The van der Waals surface area contributed by atoms with Gasteiger partial charge in [-0.05, 0) is 22.0 Å². The summed E-state index contributed by atoms with van der Waals surface area (Å²) in [6.45, 7) is 0. The van der Waals surface area contributed by atoms with Crippen LogP contribution in [-0.4, -0.2) is 11.3 Å². The number of halogens is 3. The first-order chi connectivity index (χ1) is 6.60. The molecular weight excluding hydrogens is 258 g/mol. The molecule has 14 heavy (non-hydrogen) atoms. The quantitative estimate of drug-likeness (QED) is 0.607. The minimum atomic E-state index is -2.88. The smallest absolute Gasteiger partial charge is 0.267 e. The van der Waals surface area contributed by atoms with Gasteiger partial charge >= 0.3 is 0 Å². The number of aldehydes is 1. The molecule has 0 aliphatic carbocycles. The van der Waals surface area contributed by atoms with Crippen molar-refractivity contribution >= 4 is 22.2 Å². The molecule has 0 aromatic carbocycles. The van der Waals surface area contributed by atoms with Crippen LogP contribution < -0.4 is 0 Å². The first kappa shape index (κ1) is 10.7. The van der Waals surface area contributed by atoms with Gasteiger partial charge in [0.2, 0.25) is 0 Å². The number of pyridine rings is 1. The predicted molar refractivity (Wildman–Crippen MR) is 47.0 cm³/mol. The summed E-state index contributed by atoms with van der Waals surface area (Å²) in [4.78, 5) is 14.0. The number of carbonyl (C=O) groups is 1. The molecule has 0 aliphatic heterocycles. The molecule has 1 aromatic heterocycles. The van der Waals surface area contributed by atoms with Gasteiger partial charge in [-0.1, -0.05) is 0 Å². The molecule has 1 rings (SSSR count). The van der Waals surface area contributed by atoms with Crippen LogP contribution in [0, 0.1) is 11.3 Å². The fourth-order valence-corrected chi connectivity index (χ4v) is 1.38. The zero-order chi connectivity index (χ0) is 10.7. The van der Waals surface area contributed by atoms with E-state index >= 15 is 0 Å². The lowest BCUT2D eigenvalue weighted by molar-refractivity contribution is 0.110. The highest BCUT2D eigenvalue weighted by atomic mass is 79.9. The van der Waals surface area contributed by atoms with Crippen molar-refractivity contribution in [3.63, 3.8) is 0 Å². The molecule has 1 aromatic rings. The fourth-order valence-electron chi connectivity index (χ4n) is 0.954. The molecule has 0 bridgehead atoms.